The molecular weight excluding hydrogens is 420 g/mol. The SMILES string of the molecule is Cc1nc2cc(C3CCCN(C(=O)CCn4ncc5ccccc5c4=O)C3)[nH]n2c(=O)c1C. The van der Waals surface area contributed by atoms with E-state index in [4.69, 9.17) is 0 Å². The summed E-state index contributed by atoms with van der Waals surface area (Å²) in [6.45, 7) is 5.10. The number of fused-ring (bicyclic) bond motifs is 2. The second-order valence-corrected chi connectivity index (χ2v) is 8.72. The highest BCUT2D eigenvalue weighted by atomic mass is 16.2. The molecule has 4 heterocycles. The third-order valence-electron chi connectivity index (χ3n) is 6.62. The molecular formula is C24H26N6O3. The van der Waals surface area contributed by atoms with Gasteiger partial charge in [-0.3, -0.25) is 19.5 Å². The Morgan fingerprint density at radius 2 is 2.00 bits per heavy atom. The Hall–Kier alpha value is -3.75. The highest BCUT2D eigenvalue weighted by molar-refractivity contribution is 5.80. The van der Waals surface area contributed by atoms with E-state index in [-0.39, 0.29) is 35.9 Å². The molecule has 33 heavy (non-hydrogen) atoms. The van der Waals surface area contributed by atoms with Crippen LogP contribution >= 0.6 is 0 Å². The summed E-state index contributed by atoms with van der Waals surface area (Å²) in [6.07, 6.45) is 3.67. The fraction of sp³-hybridized carbons (Fsp3) is 0.375. The van der Waals surface area contributed by atoms with Crippen LogP contribution in [0.5, 0.6) is 0 Å². The summed E-state index contributed by atoms with van der Waals surface area (Å²) in [5.74, 6) is 0.102. The van der Waals surface area contributed by atoms with Crippen LogP contribution in [0.25, 0.3) is 16.4 Å². The van der Waals surface area contributed by atoms with E-state index in [1.54, 1.807) is 19.2 Å². The van der Waals surface area contributed by atoms with Crippen molar-refractivity contribution < 1.29 is 4.79 Å². The van der Waals surface area contributed by atoms with Crippen LogP contribution in [0, 0.1) is 13.8 Å². The summed E-state index contributed by atoms with van der Waals surface area (Å²) in [5.41, 5.74) is 2.58. The van der Waals surface area contributed by atoms with Gasteiger partial charge in [0, 0.05) is 53.8 Å². The first-order valence-corrected chi connectivity index (χ1v) is 11.2. The minimum atomic E-state index is -0.181. The van der Waals surface area contributed by atoms with Crippen molar-refractivity contribution in [2.24, 2.45) is 0 Å². The lowest BCUT2D eigenvalue weighted by molar-refractivity contribution is -0.132. The second-order valence-electron chi connectivity index (χ2n) is 8.72. The minimum Gasteiger partial charge on any atom is -0.342 e. The molecule has 1 aliphatic rings. The monoisotopic (exact) mass is 446 g/mol. The summed E-state index contributed by atoms with van der Waals surface area (Å²) >= 11 is 0. The van der Waals surface area contributed by atoms with E-state index in [0.717, 1.165) is 29.6 Å². The van der Waals surface area contributed by atoms with E-state index in [2.05, 4.69) is 15.2 Å². The minimum absolute atomic E-state index is 0.000324. The molecule has 1 atom stereocenters. The van der Waals surface area contributed by atoms with Gasteiger partial charge in [-0.05, 0) is 32.8 Å². The number of rotatable bonds is 4. The molecule has 1 amide bonds. The number of amides is 1. The number of nitrogens with zero attached hydrogens (tertiary/aromatic N) is 5. The molecule has 0 bridgehead atoms. The Labute approximate surface area is 189 Å². The molecule has 1 fully saturated rings. The van der Waals surface area contributed by atoms with Crippen molar-refractivity contribution in [3.05, 3.63) is 74.2 Å². The Morgan fingerprint density at radius 3 is 2.85 bits per heavy atom. The van der Waals surface area contributed by atoms with Crippen molar-refractivity contribution in [2.45, 2.75) is 45.6 Å². The predicted octanol–water partition coefficient (Wildman–Crippen LogP) is 2.15. The highest BCUT2D eigenvalue weighted by Crippen LogP contribution is 2.27. The molecule has 1 aliphatic heterocycles. The van der Waals surface area contributed by atoms with Crippen LogP contribution in [0.15, 0.2) is 46.1 Å². The highest BCUT2D eigenvalue weighted by Gasteiger charge is 2.26. The number of aromatic amines is 1. The molecule has 1 N–H and O–H groups in total. The van der Waals surface area contributed by atoms with Crippen LogP contribution in [0.4, 0.5) is 0 Å². The first kappa shape index (κ1) is 21.1. The molecule has 0 aliphatic carbocycles. The first-order chi connectivity index (χ1) is 15.9. The van der Waals surface area contributed by atoms with E-state index in [0.29, 0.717) is 29.7 Å². The van der Waals surface area contributed by atoms with Gasteiger partial charge in [0.15, 0.2) is 5.65 Å². The number of carbonyl (C=O) groups excluding carboxylic acids is 1. The molecule has 3 aromatic heterocycles. The van der Waals surface area contributed by atoms with Gasteiger partial charge in [0.25, 0.3) is 11.1 Å². The van der Waals surface area contributed by atoms with E-state index >= 15 is 0 Å². The van der Waals surface area contributed by atoms with Gasteiger partial charge >= 0.3 is 0 Å². The Morgan fingerprint density at radius 1 is 1.18 bits per heavy atom. The number of piperidine rings is 1. The van der Waals surface area contributed by atoms with E-state index < -0.39 is 0 Å². The maximum Gasteiger partial charge on any atom is 0.275 e. The second kappa shape index (κ2) is 8.31. The Bertz CT molecular complexity index is 1480. The van der Waals surface area contributed by atoms with Crippen LogP contribution in [-0.2, 0) is 11.3 Å². The van der Waals surface area contributed by atoms with Crippen molar-refractivity contribution in [3.8, 4) is 0 Å². The average Bonchev–Trinajstić information content (AvgIpc) is 3.26. The van der Waals surface area contributed by atoms with Gasteiger partial charge in [0.2, 0.25) is 5.91 Å². The molecule has 5 rings (SSSR count). The maximum atomic E-state index is 12.9. The van der Waals surface area contributed by atoms with Crippen molar-refractivity contribution in [2.75, 3.05) is 13.1 Å². The molecule has 4 aromatic rings. The van der Waals surface area contributed by atoms with Gasteiger partial charge in [0.1, 0.15) is 0 Å². The van der Waals surface area contributed by atoms with E-state index in [1.807, 2.05) is 36.1 Å². The zero-order valence-corrected chi connectivity index (χ0v) is 18.7. The standard InChI is InChI=1S/C24H26N6O3/c1-15-16(2)26-21-12-20(27-30(21)23(15)32)18-7-5-10-28(14-18)22(31)9-11-29-24(33)19-8-4-3-6-17(19)13-25-29/h3-4,6,8,12-13,18,27H,5,7,9-11,14H2,1-2H3. The number of hydrogen-bond acceptors (Lipinski definition) is 5. The van der Waals surface area contributed by atoms with Gasteiger partial charge in [-0.1, -0.05) is 18.2 Å². The van der Waals surface area contributed by atoms with Gasteiger partial charge in [0.05, 0.1) is 18.1 Å². The molecule has 170 valence electrons. The van der Waals surface area contributed by atoms with E-state index in [9.17, 15) is 14.4 Å². The number of benzene rings is 1. The number of carbonyl (C=O) groups is 1. The predicted molar refractivity (Wildman–Crippen MR) is 124 cm³/mol. The number of H-pyrrole nitrogens is 1. The lowest BCUT2D eigenvalue weighted by atomic mass is 9.94. The first-order valence-electron chi connectivity index (χ1n) is 11.2. The zero-order valence-electron chi connectivity index (χ0n) is 18.7. The lowest BCUT2D eigenvalue weighted by Gasteiger charge is -2.32. The van der Waals surface area contributed by atoms with Crippen molar-refractivity contribution in [1.29, 1.82) is 0 Å². The van der Waals surface area contributed by atoms with Crippen molar-refractivity contribution >= 4 is 22.3 Å². The summed E-state index contributed by atoms with van der Waals surface area (Å²) < 4.78 is 2.85. The smallest absolute Gasteiger partial charge is 0.275 e. The van der Waals surface area contributed by atoms with Crippen LogP contribution < -0.4 is 11.1 Å². The topological polar surface area (TPSA) is 105 Å². The van der Waals surface area contributed by atoms with Crippen LogP contribution in [0.3, 0.4) is 0 Å². The molecule has 1 saturated heterocycles. The summed E-state index contributed by atoms with van der Waals surface area (Å²) in [4.78, 5) is 44.5. The molecule has 1 aromatic carbocycles. The number of hydrogen-bond donors (Lipinski definition) is 1. The van der Waals surface area contributed by atoms with Gasteiger partial charge in [-0.25, -0.2) is 14.2 Å². The fourth-order valence-corrected chi connectivity index (χ4v) is 4.55. The zero-order chi connectivity index (χ0) is 23.1. The Kier molecular flexibility index (Phi) is 5.32. The van der Waals surface area contributed by atoms with Gasteiger partial charge in [-0.2, -0.15) is 5.10 Å². The summed E-state index contributed by atoms with van der Waals surface area (Å²) in [6, 6.07) is 9.22. The summed E-state index contributed by atoms with van der Waals surface area (Å²) in [7, 11) is 0. The van der Waals surface area contributed by atoms with Crippen LogP contribution in [0.2, 0.25) is 0 Å². The normalized spacial score (nSPS) is 16.5. The third kappa shape index (κ3) is 3.83. The molecule has 0 spiro atoms. The average molecular weight is 447 g/mol. The van der Waals surface area contributed by atoms with Crippen molar-refractivity contribution in [1.82, 2.24) is 29.3 Å². The molecule has 0 saturated carbocycles. The molecule has 9 nitrogen and oxygen atoms in total. The summed E-state index contributed by atoms with van der Waals surface area (Å²) in [5, 5.41) is 8.81. The van der Waals surface area contributed by atoms with Gasteiger partial charge in [-0.15, -0.1) is 0 Å². The number of aromatic nitrogens is 5. The molecule has 1 unspecified atom stereocenters. The number of likely N-dealkylation sites (tertiary alicyclic amines) is 1. The Balaban J connectivity index is 1.30. The molecule has 9 heteroatoms. The third-order valence-corrected chi connectivity index (χ3v) is 6.62. The number of aryl methyl sites for hydroxylation is 2. The fourth-order valence-electron chi connectivity index (χ4n) is 4.55. The van der Waals surface area contributed by atoms with Crippen molar-refractivity contribution in [3.63, 3.8) is 0 Å². The molecule has 0 radical (unpaired) electrons. The van der Waals surface area contributed by atoms with Gasteiger partial charge < -0.3 is 4.90 Å². The van der Waals surface area contributed by atoms with Crippen LogP contribution in [0.1, 0.15) is 42.1 Å². The quantitative estimate of drug-likeness (QED) is 0.517. The van der Waals surface area contributed by atoms with E-state index in [1.165, 1.54) is 9.20 Å². The largest absolute Gasteiger partial charge is 0.342 e. The maximum absolute atomic E-state index is 12.9. The number of nitrogens with one attached hydrogen (secondary N) is 1. The lowest BCUT2D eigenvalue weighted by Crippen LogP contribution is -2.40. The van der Waals surface area contributed by atoms with Crippen LogP contribution in [-0.4, -0.2) is 48.3 Å².